The Morgan fingerprint density at radius 2 is 1.78 bits per heavy atom. The molecule has 7 heteroatoms. The van der Waals surface area contributed by atoms with Gasteiger partial charge in [0.15, 0.2) is 18.1 Å². The minimum Gasteiger partial charge on any atom is -0.490 e. The topological polar surface area (TPSA) is 93.3 Å². The monoisotopic (exact) mass is 429 g/mol. The van der Waals surface area contributed by atoms with Crippen molar-refractivity contribution in [3.05, 3.63) is 82.6 Å². The molecule has 0 radical (unpaired) electrons. The Balaban J connectivity index is 1.55. The van der Waals surface area contributed by atoms with Gasteiger partial charge in [-0.1, -0.05) is 30.3 Å². The van der Waals surface area contributed by atoms with Gasteiger partial charge < -0.3 is 19.8 Å². The second-order valence-corrected chi connectivity index (χ2v) is 7.18. The van der Waals surface area contributed by atoms with Crippen molar-refractivity contribution >= 4 is 22.5 Å². The number of nitrogens with zero attached hydrogens (tertiary/aromatic N) is 1. The molecule has 0 saturated heterocycles. The fourth-order valence-corrected chi connectivity index (χ4v) is 3.31. The molecule has 0 bridgehead atoms. The highest BCUT2D eigenvalue weighted by atomic mass is 16.5. The fraction of sp³-hybridized carbons (Fsp3) is 0.160. The third-order valence-electron chi connectivity index (χ3n) is 4.91. The molecule has 32 heavy (non-hydrogen) atoms. The lowest BCUT2D eigenvalue weighted by atomic mass is 10.1. The van der Waals surface area contributed by atoms with Gasteiger partial charge in [0, 0.05) is 11.3 Å². The zero-order valence-electron chi connectivity index (χ0n) is 17.8. The zero-order chi connectivity index (χ0) is 22.5. The molecule has 1 aromatic heterocycles. The molecular formula is C25H23N3O4. The Morgan fingerprint density at radius 1 is 1.00 bits per heavy atom. The number of ether oxygens (including phenoxy) is 2. The number of anilines is 1. The maximum Gasteiger partial charge on any atom is 0.262 e. The largest absolute Gasteiger partial charge is 0.490 e. The predicted molar refractivity (Wildman–Crippen MR) is 124 cm³/mol. The van der Waals surface area contributed by atoms with E-state index in [9.17, 15) is 9.59 Å². The van der Waals surface area contributed by atoms with E-state index >= 15 is 0 Å². The van der Waals surface area contributed by atoms with Crippen molar-refractivity contribution in [2.45, 2.75) is 13.8 Å². The van der Waals surface area contributed by atoms with Gasteiger partial charge in [-0.05, 0) is 55.8 Å². The predicted octanol–water partition coefficient (Wildman–Crippen LogP) is 4.31. The number of H-pyrrole nitrogens is 1. The number of fused-ring (bicyclic) bond motifs is 1. The van der Waals surface area contributed by atoms with Crippen LogP contribution in [0.25, 0.3) is 22.3 Å². The molecule has 2 N–H and O–H groups in total. The first-order chi connectivity index (χ1) is 15.5. The van der Waals surface area contributed by atoms with Crippen molar-refractivity contribution in [3.8, 4) is 22.9 Å². The van der Waals surface area contributed by atoms with E-state index in [4.69, 9.17) is 9.47 Å². The molecule has 0 aliphatic rings. The van der Waals surface area contributed by atoms with E-state index < -0.39 is 0 Å². The quantitative estimate of drug-likeness (QED) is 0.457. The molecule has 1 heterocycles. The number of aromatic amines is 1. The van der Waals surface area contributed by atoms with Gasteiger partial charge in [0.2, 0.25) is 0 Å². The van der Waals surface area contributed by atoms with Crippen molar-refractivity contribution in [3.63, 3.8) is 0 Å². The standard InChI is InChI=1S/C25H23N3O4/c1-3-31-22-14-17(24-27-20-11-7-5-9-18(20)25(30)28-24)12-13-21(22)32-15-23(29)26-19-10-6-4-8-16(19)2/h4-14H,3,15H2,1-2H3,(H,26,29)(H,27,28,30). The highest BCUT2D eigenvalue weighted by Gasteiger charge is 2.13. The van der Waals surface area contributed by atoms with Crippen LogP contribution in [-0.4, -0.2) is 29.1 Å². The number of aryl methyl sites for hydroxylation is 1. The van der Waals surface area contributed by atoms with Crippen molar-refractivity contribution in [2.24, 2.45) is 0 Å². The van der Waals surface area contributed by atoms with Crippen LogP contribution < -0.4 is 20.3 Å². The minimum atomic E-state index is -0.272. The molecular weight excluding hydrogens is 406 g/mol. The summed E-state index contributed by atoms with van der Waals surface area (Å²) in [5, 5.41) is 3.37. The molecule has 0 spiro atoms. The van der Waals surface area contributed by atoms with Gasteiger partial charge in [-0.2, -0.15) is 0 Å². The number of aromatic nitrogens is 2. The molecule has 0 aliphatic carbocycles. The van der Waals surface area contributed by atoms with Gasteiger partial charge in [-0.25, -0.2) is 4.98 Å². The Kier molecular flexibility index (Phi) is 6.17. The van der Waals surface area contributed by atoms with Gasteiger partial charge in [-0.15, -0.1) is 0 Å². The highest BCUT2D eigenvalue weighted by Crippen LogP contribution is 2.32. The second kappa shape index (κ2) is 9.34. The smallest absolute Gasteiger partial charge is 0.262 e. The van der Waals surface area contributed by atoms with Gasteiger partial charge in [0.1, 0.15) is 5.82 Å². The lowest BCUT2D eigenvalue weighted by Crippen LogP contribution is -2.20. The summed E-state index contributed by atoms with van der Waals surface area (Å²) in [5.41, 5.74) is 2.78. The van der Waals surface area contributed by atoms with E-state index in [1.807, 2.05) is 44.2 Å². The van der Waals surface area contributed by atoms with Crippen LogP contribution in [0.2, 0.25) is 0 Å². The number of rotatable bonds is 7. The van der Waals surface area contributed by atoms with Crippen LogP contribution in [0.3, 0.4) is 0 Å². The number of hydrogen-bond donors (Lipinski definition) is 2. The second-order valence-electron chi connectivity index (χ2n) is 7.18. The number of para-hydroxylation sites is 2. The molecule has 0 saturated carbocycles. The summed E-state index contributed by atoms with van der Waals surface area (Å²) in [6.45, 7) is 4.03. The number of nitrogens with one attached hydrogen (secondary N) is 2. The summed E-state index contributed by atoms with van der Waals surface area (Å²) < 4.78 is 11.4. The van der Waals surface area contributed by atoms with Crippen molar-refractivity contribution in [1.82, 2.24) is 9.97 Å². The van der Waals surface area contributed by atoms with E-state index in [0.717, 1.165) is 11.3 Å². The Labute approximate surface area is 185 Å². The van der Waals surface area contributed by atoms with E-state index in [1.165, 1.54) is 0 Å². The first kappa shape index (κ1) is 21.1. The van der Waals surface area contributed by atoms with Crippen LogP contribution >= 0.6 is 0 Å². The first-order valence-electron chi connectivity index (χ1n) is 10.3. The molecule has 0 atom stereocenters. The minimum absolute atomic E-state index is 0.168. The summed E-state index contributed by atoms with van der Waals surface area (Å²) in [5.74, 6) is 1.05. The number of amides is 1. The van der Waals surface area contributed by atoms with Crippen LogP contribution in [0.15, 0.2) is 71.5 Å². The van der Waals surface area contributed by atoms with Gasteiger partial charge in [0.05, 0.1) is 17.5 Å². The summed E-state index contributed by atoms with van der Waals surface area (Å²) in [7, 11) is 0. The number of benzene rings is 3. The van der Waals surface area contributed by atoms with Crippen LogP contribution in [0, 0.1) is 6.92 Å². The van der Waals surface area contributed by atoms with Crippen LogP contribution in [0.1, 0.15) is 12.5 Å². The molecule has 1 amide bonds. The average Bonchev–Trinajstić information content (AvgIpc) is 2.80. The molecule has 0 unspecified atom stereocenters. The Bertz CT molecular complexity index is 1330. The number of carbonyl (C=O) groups excluding carboxylic acids is 1. The summed E-state index contributed by atoms with van der Waals surface area (Å²) >= 11 is 0. The van der Waals surface area contributed by atoms with Crippen LogP contribution in [-0.2, 0) is 4.79 Å². The summed E-state index contributed by atoms with van der Waals surface area (Å²) in [6, 6.07) is 19.9. The lowest BCUT2D eigenvalue weighted by molar-refractivity contribution is -0.118. The molecule has 4 rings (SSSR count). The van der Waals surface area contributed by atoms with Crippen molar-refractivity contribution in [2.75, 3.05) is 18.5 Å². The molecule has 162 valence electrons. The molecule has 3 aromatic carbocycles. The third-order valence-corrected chi connectivity index (χ3v) is 4.91. The van der Waals surface area contributed by atoms with E-state index in [1.54, 1.807) is 36.4 Å². The summed E-state index contributed by atoms with van der Waals surface area (Å²) in [4.78, 5) is 32.1. The van der Waals surface area contributed by atoms with E-state index in [2.05, 4.69) is 15.3 Å². The third kappa shape index (κ3) is 4.62. The highest BCUT2D eigenvalue weighted by molar-refractivity contribution is 5.92. The maximum atomic E-state index is 12.4. The fourth-order valence-electron chi connectivity index (χ4n) is 3.31. The first-order valence-corrected chi connectivity index (χ1v) is 10.3. The van der Waals surface area contributed by atoms with Crippen LogP contribution in [0.5, 0.6) is 11.5 Å². The molecule has 0 fully saturated rings. The SMILES string of the molecule is CCOc1cc(-c2nc3ccccc3c(=O)[nH]2)ccc1OCC(=O)Nc1ccccc1C. The maximum absolute atomic E-state index is 12.4. The van der Waals surface area contributed by atoms with Gasteiger partial charge in [-0.3, -0.25) is 9.59 Å². The molecule has 0 aliphatic heterocycles. The van der Waals surface area contributed by atoms with Crippen molar-refractivity contribution < 1.29 is 14.3 Å². The average molecular weight is 429 g/mol. The van der Waals surface area contributed by atoms with Crippen LogP contribution in [0.4, 0.5) is 5.69 Å². The van der Waals surface area contributed by atoms with E-state index in [0.29, 0.717) is 40.4 Å². The zero-order valence-corrected chi connectivity index (χ0v) is 17.8. The summed E-state index contributed by atoms with van der Waals surface area (Å²) in [6.07, 6.45) is 0. The lowest BCUT2D eigenvalue weighted by Gasteiger charge is -2.14. The normalized spacial score (nSPS) is 10.7. The Hall–Kier alpha value is -4.13. The van der Waals surface area contributed by atoms with Gasteiger partial charge >= 0.3 is 0 Å². The Morgan fingerprint density at radius 3 is 2.59 bits per heavy atom. The van der Waals surface area contributed by atoms with Gasteiger partial charge in [0.25, 0.3) is 11.5 Å². The molecule has 4 aromatic rings. The van der Waals surface area contributed by atoms with Crippen molar-refractivity contribution in [1.29, 1.82) is 0 Å². The number of carbonyl (C=O) groups is 1. The number of hydrogen-bond acceptors (Lipinski definition) is 5. The molecule has 7 nitrogen and oxygen atoms in total. The van der Waals surface area contributed by atoms with E-state index in [-0.39, 0.29) is 18.1 Å².